The van der Waals surface area contributed by atoms with Gasteiger partial charge in [0.1, 0.15) is 11.0 Å². The maximum absolute atomic E-state index is 13.1. The second kappa shape index (κ2) is 12.2. The summed E-state index contributed by atoms with van der Waals surface area (Å²) in [5.41, 5.74) is 2.99. The predicted octanol–water partition coefficient (Wildman–Crippen LogP) is 4.96. The summed E-state index contributed by atoms with van der Waals surface area (Å²) in [6.07, 6.45) is 4.34. The quantitative estimate of drug-likeness (QED) is 0.244. The van der Waals surface area contributed by atoms with E-state index in [1.54, 1.807) is 6.07 Å². The predicted molar refractivity (Wildman–Crippen MR) is 145 cm³/mol. The van der Waals surface area contributed by atoms with Crippen LogP contribution in [0.5, 0.6) is 0 Å². The molecule has 0 saturated carbocycles. The average molecular weight is 508 g/mol. The molecule has 6 nitrogen and oxygen atoms in total. The lowest BCUT2D eigenvalue weighted by Gasteiger charge is -2.34. The lowest BCUT2D eigenvalue weighted by molar-refractivity contribution is 0.0650. The molecule has 3 aromatic rings. The molecular weight excluding hydrogens is 478 g/mol. The molecule has 4 rings (SSSR count). The van der Waals surface area contributed by atoms with Crippen molar-refractivity contribution in [2.75, 3.05) is 51.7 Å². The van der Waals surface area contributed by atoms with Gasteiger partial charge in [-0.25, -0.2) is 9.97 Å². The molecule has 8 heteroatoms. The number of hydrogen-bond acceptors (Lipinski definition) is 6. The highest BCUT2D eigenvalue weighted by molar-refractivity contribution is 7.98. The van der Waals surface area contributed by atoms with E-state index in [4.69, 9.17) is 11.6 Å². The Kier molecular flexibility index (Phi) is 8.79. The minimum Gasteiger partial charge on any atom is -0.363 e. The highest BCUT2D eigenvalue weighted by Gasteiger charge is 2.21. The first-order valence-electron chi connectivity index (χ1n) is 11.6. The van der Waals surface area contributed by atoms with Crippen molar-refractivity contribution in [1.82, 2.24) is 19.8 Å². The molecular formula is C27H30ClN5OS. The Hall–Kier alpha value is -2.87. The van der Waals surface area contributed by atoms with Crippen molar-refractivity contribution in [3.63, 3.8) is 0 Å². The summed E-state index contributed by atoms with van der Waals surface area (Å²) in [5, 5.41) is 1.04. The molecule has 0 unspecified atom stereocenters. The van der Waals surface area contributed by atoms with Crippen molar-refractivity contribution in [2.24, 2.45) is 0 Å². The molecule has 35 heavy (non-hydrogen) atoms. The molecule has 0 N–H and O–H groups in total. The molecule has 0 spiro atoms. The summed E-state index contributed by atoms with van der Waals surface area (Å²) in [4.78, 5) is 28.2. The van der Waals surface area contributed by atoms with Gasteiger partial charge >= 0.3 is 0 Å². The van der Waals surface area contributed by atoms with E-state index in [2.05, 4.69) is 39.2 Å². The van der Waals surface area contributed by atoms with Crippen molar-refractivity contribution in [1.29, 1.82) is 0 Å². The number of hydrogen-bond donors (Lipinski definition) is 0. The molecule has 1 aliphatic heterocycles. The van der Waals surface area contributed by atoms with E-state index in [1.165, 1.54) is 17.3 Å². The minimum atomic E-state index is 0.0882. The van der Waals surface area contributed by atoms with Crippen molar-refractivity contribution >= 4 is 41.2 Å². The van der Waals surface area contributed by atoms with Crippen LogP contribution in [0.25, 0.3) is 6.08 Å². The average Bonchev–Trinajstić information content (AvgIpc) is 2.88. The number of carbonyl (C=O) groups is 1. The summed E-state index contributed by atoms with van der Waals surface area (Å²) in [7, 11) is 3.84. The SMILES string of the molecule is CN(C)c1cc(Cl)nc(SCc2cccc(C(=O)N3CCN(C/C=C/c4ccccc4)CC3)c2)n1. The van der Waals surface area contributed by atoms with Crippen LogP contribution in [-0.2, 0) is 5.75 Å². The van der Waals surface area contributed by atoms with Gasteiger partial charge in [-0.15, -0.1) is 0 Å². The fourth-order valence-corrected chi connectivity index (χ4v) is 4.86. The van der Waals surface area contributed by atoms with Crippen LogP contribution in [0.4, 0.5) is 5.82 Å². The summed E-state index contributed by atoms with van der Waals surface area (Å²) < 4.78 is 0. The first-order chi connectivity index (χ1) is 17.0. The normalized spacial score (nSPS) is 14.4. The molecule has 0 atom stereocenters. The van der Waals surface area contributed by atoms with Gasteiger partial charge in [0.2, 0.25) is 0 Å². The maximum atomic E-state index is 13.1. The van der Waals surface area contributed by atoms with Gasteiger partial charge in [-0.1, -0.05) is 78.0 Å². The van der Waals surface area contributed by atoms with Gasteiger partial charge in [0.05, 0.1) is 0 Å². The van der Waals surface area contributed by atoms with Gasteiger partial charge in [0.15, 0.2) is 5.16 Å². The van der Waals surface area contributed by atoms with Crippen LogP contribution in [0.1, 0.15) is 21.5 Å². The molecule has 0 radical (unpaired) electrons. The third-order valence-corrected chi connectivity index (χ3v) is 6.91. The molecule has 1 aliphatic rings. The molecule has 1 fully saturated rings. The highest BCUT2D eigenvalue weighted by atomic mass is 35.5. The first kappa shape index (κ1) is 25.2. The molecule has 1 aromatic heterocycles. The number of thioether (sulfide) groups is 1. The Morgan fingerprint density at radius 1 is 1.03 bits per heavy atom. The second-order valence-electron chi connectivity index (χ2n) is 8.62. The van der Waals surface area contributed by atoms with Crippen LogP contribution >= 0.6 is 23.4 Å². The topological polar surface area (TPSA) is 52.6 Å². The Morgan fingerprint density at radius 3 is 2.54 bits per heavy atom. The van der Waals surface area contributed by atoms with Crippen molar-refractivity contribution in [3.8, 4) is 0 Å². The second-order valence-corrected chi connectivity index (χ2v) is 9.95. The van der Waals surface area contributed by atoms with Gasteiger partial charge in [-0.2, -0.15) is 0 Å². The van der Waals surface area contributed by atoms with Gasteiger partial charge in [0, 0.05) is 64.2 Å². The number of amides is 1. The molecule has 1 saturated heterocycles. The summed E-state index contributed by atoms with van der Waals surface area (Å²) in [6, 6.07) is 19.9. The first-order valence-corrected chi connectivity index (χ1v) is 13.0. The maximum Gasteiger partial charge on any atom is 0.253 e. The van der Waals surface area contributed by atoms with Crippen LogP contribution in [0.15, 0.2) is 71.9 Å². The zero-order valence-electron chi connectivity index (χ0n) is 20.1. The zero-order chi connectivity index (χ0) is 24.6. The third kappa shape index (κ3) is 7.31. The lowest BCUT2D eigenvalue weighted by atomic mass is 10.1. The molecule has 2 heterocycles. The summed E-state index contributed by atoms with van der Waals surface area (Å²) >= 11 is 7.66. The number of nitrogens with zero attached hydrogens (tertiary/aromatic N) is 5. The monoisotopic (exact) mass is 507 g/mol. The fraction of sp³-hybridized carbons (Fsp3) is 0.296. The van der Waals surface area contributed by atoms with Crippen LogP contribution in [0.2, 0.25) is 5.15 Å². The van der Waals surface area contributed by atoms with Crippen molar-refractivity contribution < 1.29 is 4.79 Å². The van der Waals surface area contributed by atoms with Crippen molar-refractivity contribution in [2.45, 2.75) is 10.9 Å². The van der Waals surface area contributed by atoms with Gasteiger partial charge < -0.3 is 9.80 Å². The number of carbonyl (C=O) groups excluding carboxylic acids is 1. The van der Waals surface area contributed by atoms with E-state index >= 15 is 0 Å². The Balaban J connectivity index is 1.29. The number of anilines is 1. The van der Waals surface area contributed by atoms with Crippen LogP contribution < -0.4 is 4.90 Å². The smallest absolute Gasteiger partial charge is 0.253 e. The zero-order valence-corrected chi connectivity index (χ0v) is 21.7. The fourth-order valence-electron chi connectivity index (χ4n) is 3.84. The number of piperazine rings is 1. The lowest BCUT2D eigenvalue weighted by Crippen LogP contribution is -2.48. The minimum absolute atomic E-state index is 0.0882. The number of benzene rings is 2. The van der Waals surface area contributed by atoms with E-state index in [0.29, 0.717) is 16.1 Å². The van der Waals surface area contributed by atoms with Crippen LogP contribution in [-0.4, -0.2) is 72.5 Å². The Bertz CT molecular complexity index is 1160. The van der Waals surface area contributed by atoms with Crippen molar-refractivity contribution in [3.05, 3.63) is 88.6 Å². The number of aromatic nitrogens is 2. The molecule has 182 valence electrons. The summed E-state index contributed by atoms with van der Waals surface area (Å²) in [5.74, 6) is 1.52. The number of rotatable bonds is 8. The molecule has 1 amide bonds. The highest BCUT2D eigenvalue weighted by Crippen LogP contribution is 2.24. The summed E-state index contributed by atoms with van der Waals surface area (Å²) in [6.45, 7) is 4.12. The largest absolute Gasteiger partial charge is 0.363 e. The van der Waals surface area contributed by atoms with Gasteiger partial charge in [-0.3, -0.25) is 9.69 Å². The van der Waals surface area contributed by atoms with E-state index in [9.17, 15) is 4.79 Å². The van der Waals surface area contributed by atoms with Gasteiger partial charge in [-0.05, 0) is 23.3 Å². The van der Waals surface area contributed by atoms with Crippen LogP contribution in [0, 0.1) is 0 Å². The standard InChI is InChI=1S/C27H30ClN5OS/c1-31(2)25-19-24(28)29-27(30-25)35-20-22-10-6-12-23(18-22)26(34)33-16-14-32(15-17-33)13-7-11-21-8-4-3-5-9-21/h3-12,18-19H,13-17,20H2,1-2H3/b11-7+. The third-order valence-electron chi connectivity index (χ3n) is 5.79. The Morgan fingerprint density at radius 2 is 1.80 bits per heavy atom. The van der Waals surface area contributed by atoms with Gasteiger partial charge in [0.25, 0.3) is 5.91 Å². The molecule has 0 aliphatic carbocycles. The molecule has 0 bridgehead atoms. The van der Waals surface area contributed by atoms with E-state index in [-0.39, 0.29) is 5.91 Å². The number of halogens is 1. The Labute approximate surface area is 216 Å². The van der Waals surface area contributed by atoms with E-state index in [0.717, 1.165) is 49.7 Å². The van der Waals surface area contributed by atoms with E-state index in [1.807, 2.05) is 66.4 Å². The molecule has 2 aromatic carbocycles. The van der Waals surface area contributed by atoms with E-state index < -0.39 is 0 Å². The van der Waals surface area contributed by atoms with Crippen LogP contribution in [0.3, 0.4) is 0 Å².